The van der Waals surface area contributed by atoms with Crippen LogP contribution in [0, 0.1) is 0 Å². The lowest BCUT2D eigenvalue weighted by atomic mass is 10.1. The van der Waals surface area contributed by atoms with E-state index in [1.165, 1.54) is 4.90 Å². The fourth-order valence-electron chi connectivity index (χ4n) is 3.87. The molecule has 1 fully saturated rings. The van der Waals surface area contributed by atoms with Gasteiger partial charge in [-0.15, -0.1) is 0 Å². The Balaban J connectivity index is 1.50. The van der Waals surface area contributed by atoms with Gasteiger partial charge in [-0.1, -0.05) is 6.07 Å². The molecule has 3 amide bonds. The van der Waals surface area contributed by atoms with Crippen molar-refractivity contribution >= 4 is 11.9 Å². The highest BCUT2D eigenvalue weighted by Crippen LogP contribution is 2.33. The second-order valence-corrected chi connectivity index (χ2v) is 8.21. The molecule has 0 aliphatic carbocycles. The van der Waals surface area contributed by atoms with Crippen molar-refractivity contribution in [2.24, 2.45) is 0 Å². The summed E-state index contributed by atoms with van der Waals surface area (Å²) in [6.07, 6.45) is 3.40. The van der Waals surface area contributed by atoms with Gasteiger partial charge in [-0.25, -0.2) is 4.79 Å². The average molecular weight is 444 g/mol. The van der Waals surface area contributed by atoms with Crippen LogP contribution in [0.3, 0.4) is 0 Å². The first kappa shape index (κ1) is 22.0. The summed E-state index contributed by atoms with van der Waals surface area (Å²) < 4.78 is 22.0. The second kappa shape index (κ2) is 9.95. The van der Waals surface area contributed by atoms with Gasteiger partial charge >= 0.3 is 6.03 Å². The van der Waals surface area contributed by atoms with Gasteiger partial charge in [0.15, 0.2) is 11.5 Å². The number of amides is 3. The molecule has 4 rings (SSSR count). The molecule has 0 N–H and O–H groups in total. The van der Waals surface area contributed by atoms with E-state index in [2.05, 4.69) is 0 Å². The van der Waals surface area contributed by atoms with Gasteiger partial charge in [0.1, 0.15) is 12.3 Å². The normalized spacial score (nSPS) is 16.8. The van der Waals surface area contributed by atoms with Crippen molar-refractivity contribution < 1.29 is 28.2 Å². The van der Waals surface area contributed by atoms with E-state index in [1.54, 1.807) is 36.2 Å². The number of furan rings is 1. The number of rotatable bonds is 8. The smallest absolute Gasteiger partial charge is 0.320 e. The maximum atomic E-state index is 13.4. The minimum absolute atomic E-state index is 0.0395. The Hall–Kier alpha value is -3.20. The van der Waals surface area contributed by atoms with Crippen LogP contribution in [0.2, 0.25) is 0 Å². The summed E-state index contributed by atoms with van der Waals surface area (Å²) >= 11 is 0. The Labute approximate surface area is 187 Å². The zero-order chi connectivity index (χ0) is 22.5. The van der Waals surface area contributed by atoms with E-state index in [9.17, 15) is 9.59 Å². The lowest BCUT2D eigenvalue weighted by Crippen LogP contribution is -2.48. The third kappa shape index (κ3) is 5.34. The highest BCUT2D eigenvalue weighted by atomic mass is 16.7. The molecule has 1 aromatic carbocycles. The maximum Gasteiger partial charge on any atom is 0.320 e. The first-order valence-electron chi connectivity index (χ1n) is 10.8. The monoisotopic (exact) mass is 443 g/mol. The van der Waals surface area contributed by atoms with E-state index < -0.39 is 0 Å². The Kier molecular flexibility index (Phi) is 6.84. The number of urea groups is 1. The van der Waals surface area contributed by atoms with E-state index in [0.29, 0.717) is 43.5 Å². The Morgan fingerprint density at radius 1 is 1.06 bits per heavy atom. The molecular formula is C23H29N3O6. The first-order valence-corrected chi connectivity index (χ1v) is 10.8. The highest BCUT2D eigenvalue weighted by Gasteiger charge is 2.28. The maximum absolute atomic E-state index is 13.4. The molecule has 1 atom stereocenters. The van der Waals surface area contributed by atoms with Crippen molar-refractivity contribution in [3.8, 4) is 11.5 Å². The molecule has 32 heavy (non-hydrogen) atoms. The molecule has 0 spiro atoms. The number of ether oxygens (including phenoxy) is 3. The van der Waals surface area contributed by atoms with E-state index in [0.717, 1.165) is 18.4 Å². The van der Waals surface area contributed by atoms with Gasteiger partial charge in [0, 0.05) is 33.8 Å². The zero-order valence-electron chi connectivity index (χ0n) is 18.5. The summed E-state index contributed by atoms with van der Waals surface area (Å²) in [6.45, 7) is 1.88. The molecule has 2 aromatic rings. The van der Waals surface area contributed by atoms with Gasteiger partial charge in [-0.05, 0) is 42.7 Å². The lowest BCUT2D eigenvalue weighted by molar-refractivity contribution is -0.133. The third-order valence-corrected chi connectivity index (χ3v) is 5.52. The van der Waals surface area contributed by atoms with Crippen molar-refractivity contribution in [2.45, 2.75) is 32.0 Å². The quantitative estimate of drug-likeness (QED) is 0.624. The zero-order valence-corrected chi connectivity index (χ0v) is 18.5. The van der Waals surface area contributed by atoms with E-state index in [1.807, 2.05) is 24.3 Å². The predicted molar refractivity (Wildman–Crippen MR) is 115 cm³/mol. The molecule has 9 heteroatoms. The molecule has 9 nitrogen and oxygen atoms in total. The Morgan fingerprint density at radius 3 is 2.62 bits per heavy atom. The van der Waals surface area contributed by atoms with Gasteiger partial charge in [0.2, 0.25) is 12.7 Å². The molecule has 1 saturated heterocycles. The summed E-state index contributed by atoms with van der Waals surface area (Å²) in [7, 11) is 3.37. The number of hydrogen-bond donors (Lipinski definition) is 0. The minimum Gasteiger partial charge on any atom is -0.467 e. The minimum atomic E-state index is -0.213. The molecule has 0 saturated carbocycles. The number of fused-ring (bicyclic) bond motifs is 1. The van der Waals surface area contributed by atoms with Gasteiger partial charge in [-0.2, -0.15) is 0 Å². The van der Waals surface area contributed by atoms with E-state index >= 15 is 0 Å². The number of carbonyl (C=O) groups is 2. The number of nitrogens with zero attached hydrogens (tertiary/aromatic N) is 3. The molecule has 3 heterocycles. The van der Waals surface area contributed by atoms with Gasteiger partial charge in [0.05, 0.1) is 18.9 Å². The summed E-state index contributed by atoms with van der Waals surface area (Å²) in [6, 6.07) is 9.03. The van der Waals surface area contributed by atoms with Crippen LogP contribution in [0.25, 0.3) is 0 Å². The van der Waals surface area contributed by atoms with Crippen LogP contribution in [-0.4, -0.2) is 73.3 Å². The number of benzene rings is 1. The van der Waals surface area contributed by atoms with Crippen molar-refractivity contribution in [2.75, 3.05) is 40.6 Å². The fraction of sp³-hybridized carbons (Fsp3) is 0.478. The summed E-state index contributed by atoms with van der Waals surface area (Å²) in [5, 5.41) is 0. The van der Waals surface area contributed by atoms with Crippen LogP contribution < -0.4 is 9.47 Å². The second-order valence-electron chi connectivity index (χ2n) is 8.21. The molecule has 2 aliphatic heterocycles. The van der Waals surface area contributed by atoms with Gasteiger partial charge in [0.25, 0.3) is 0 Å². The van der Waals surface area contributed by atoms with Crippen LogP contribution in [-0.2, 0) is 22.6 Å². The van der Waals surface area contributed by atoms with E-state index in [-0.39, 0.29) is 31.4 Å². The van der Waals surface area contributed by atoms with Crippen LogP contribution >= 0.6 is 0 Å². The number of carbonyl (C=O) groups excluding carboxylic acids is 2. The molecule has 0 radical (unpaired) electrons. The fourth-order valence-corrected chi connectivity index (χ4v) is 3.87. The van der Waals surface area contributed by atoms with Crippen molar-refractivity contribution in [1.29, 1.82) is 0 Å². The topological polar surface area (TPSA) is 84.7 Å². The number of hydrogen-bond acceptors (Lipinski definition) is 6. The lowest BCUT2D eigenvalue weighted by Gasteiger charge is -2.30. The standard InChI is InChI=1S/C23H29N3O6/c1-24(2)23(28)26(14-19-6-4-10-30-19)15-22(27)25(13-18-5-3-9-29-18)12-17-7-8-20-21(11-17)32-16-31-20/h3,5,7-9,11,19H,4,6,10,12-16H2,1-2H3. The third-order valence-electron chi connectivity index (χ3n) is 5.52. The van der Waals surface area contributed by atoms with Crippen molar-refractivity contribution in [1.82, 2.24) is 14.7 Å². The molecular weight excluding hydrogens is 414 g/mol. The highest BCUT2D eigenvalue weighted by molar-refractivity contribution is 5.84. The van der Waals surface area contributed by atoms with Crippen LogP contribution in [0.1, 0.15) is 24.2 Å². The van der Waals surface area contributed by atoms with Crippen LogP contribution in [0.15, 0.2) is 41.0 Å². The average Bonchev–Trinajstić information content (AvgIpc) is 3.54. The molecule has 1 unspecified atom stereocenters. The molecule has 0 bridgehead atoms. The molecule has 172 valence electrons. The van der Waals surface area contributed by atoms with Crippen LogP contribution in [0.5, 0.6) is 11.5 Å². The summed E-state index contributed by atoms with van der Waals surface area (Å²) in [4.78, 5) is 30.9. The molecule has 2 aliphatic rings. The molecule has 1 aromatic heterocycles. The van der Waals surface area contributed by atoms with Crippen molar-refractivity contribution in [3.63, 3.8) is 0 Å². The summed E-state index contributed by atoms with van der Waals surface area (Å²) in [5.41, 5.74) is 0.902. The predicted octanol–water partition coefficient (Wildman–Crippen LogP) is 2.70. The Morgan fingerprint density at radius 2 is 1.91 bits per heavy atom. The SMILES string of the molecule is CN(C)C(=O)N(CC(=O)N(Cc1ccc2c(c1)OCO2)Cc1ccco1)CC1CCCO1. The van der Waals surface area contributed by atoms with Crippen molar-refractivity contribution in [3.05, 3.63) is 47.9 Å². The Bertz CT molecular complexity index is 924. The first-order chi connectivity index (χ1) is 15.5. The summed E-state index contributed by atoms with van der Waals surface area (Å²) in [5.74, 6) is 1.85. The van der Waals surface area contributed by atoms with Gasteiger partial charge < -0.3 is 33.3 Å². The van der Waals surface area contributed by atoms with Gasteiger partial charge in [-0.3, -0.25) is 4.79 Å². The van der Waals surface area contributed by atoms with Crippen LogP contribution in [0.4, 0.5) is 4.79 Å². The largest absolute Gasteiger partial charge is 0.467 e. The van der Waals surface area contributed by atoms with E-state index in [4.69, 9.17) is 18.6 Å².